The number of amides is 2. The minimum Gasteiger partial charge on any atom is -0.482 e. The fourth-order valence-electron chi connectivity index (χ4n) is 2.26. The first-order valence-electron chi connectivity index (χ1n) is 8.05. The molecule has 0 atom stereocenters. The highest BCUT2D eigenvalue weighted by molar-refractivity contribution is 9.11. The maximum Gasteiger partial charge on any atom is 0.276 e. The number of nitrogens with one attached hydrogen (secondary N) is 2. The zero-order valence-electron chi connectivity index (χ0n) is 14.7. The van der Waals surface area contributed by atoms with Crippen LogP contribution in [0.5, 0.6) is 5.75 Å². The highest BCUT2D eigenvalue weighted by Gasteiger charge is 2.11. The van der Waals surface area contributed by atoms with Gasteiger partial charge in [0.05, 0.1) is 4.47 Å². The fourth-order valence-corrected chi connectivity index (χ4v) is 3.82. The van der Waals surface area contributed by atoms with Crippen LogP contribution in [-0.4, -0.2) is 18.4 Å². The summed E-state index contributed by atoms with van der Waals surface area (Å²) in [6, 6.07) is 11.0. The van der Waals surface area contributed by atoms with Crippen LogP contribution >= 0.6 is 31.9 Å². The van der Waals surface area contributed by atoms with Crippen molar-refractivity contribution < 1.29 is 14.3 Å². The smallest absolute Gasteiger partial charge is 0.276 e. The molecule has 5 nitrogen and oxygen atoms in total. The molecule has 0 aromatic heterocycles. The molecule has 0 radical (unpaired) electrons. The highest BCUT2D eigenvalue weighted by Crippen LogP contribution is 2.32. The number of benzene rings is 2. The standard InChI is InChI=1S/C19H20Br2N2O3/c1-11(2)13-4-6-14(7-5-13)19(25)23-22-17(24)10-26-18-12(3)8-15(20)9-16(18)21/h4-9,11H,10H2,1-3H3,(H,22,24)(H,23,25). The Bertz CT molecular complexity index is 782. The quantitative estimate of drug-likeness (QED) is 0.616. The molecule has 0 unspecified atom stereocenters. The van der Waals surface area contributed by atoms with Crippen molar-refractivity contribution in [2.45, 2.75) is 26.7 Å². The van der Waals surface area contributed by atoms with E-state index >= 15 is 0 Å². The van der Waals surface area contributed by atoms with Crippen LogP contribution in [0.1, 0.15) is 41.3 Å². The summed E-state index contributed by atoms with van der Waals surface area (Å²) in [7, 11) is 0. The number of hydrogen-bond donors (Lipinski definition) is 2. The third-order valence-electron chi connectivity index (χ3n) is 3.70. The van der Waals surface area contributed by atoms with E-state index in [0.29, 0.717) is 17.2 Å². The van der Waals surface area contributed by atoms with E-state index in [-0.39, 0.29) is 12.5 Å². The van der Waals surface area contributed by atoms with Crippen LogP contribution in [-0.2, 0) is 4.79 Å². The number of hydrazine groups is 1. The molecule has 0 spiro atoms. The van der Waals surface area contributed by atoms with E-state index in [1.54, 1.807) is 12.1 Å². The Kier molecular flexibility index (Phi) is 7.23. The van der Waals surface area contributed by atoms with Gasteiger partial charge in [-0.05, 0) is 64.2 Å². The number of carbonyl (C=O) groups is 2. The van der Waals surface area contributed by atoms with Gasteiger partial charge in [-0.1, -0.05) is 41.9 Å². The van der Waals surface area contributed by atoms with E-state index in [2.05, 4.69) is 56.6 Å². The van der Waals surface area contributed by atoms with E-state index in [1.165, 1.54) is 0 Å². The minimum atomic E-state index is -0.452. The molecule has 2 N–H and O–H groups in total. The average molecular weight is 484 g/mol. The average Bonchev–Trinajstić information content (AvgIpc) is 2.58. The summed E-state index contributed by atoms with van der Waals surface area (Å²) in [6.07, 6.45) is 0. The summed E-state index contributed by atoms with van der Waals surface area (Å²) in [5.41, 5.74) is 7.24. The zero-order valence-corrected chi connectivity index (χ0v) is 17.9. The van der Waals surface area contributed by atoms with Gasteiger partial charge in [-0.15, -0.1) is 0 Å². The summed E-state index contributed by atoms with van der Waals surface area (Å²) in [5, 5.41) is 0. The third-order valence-corrected chi connectivity index (χ3v) is 4.74. The number of carbonyl (C=O) groups excluding carboxylic acids is 2. The van der Waals surface area contributed by atoms with Gasteiger partial charge in [0, 0.05) is 10.0 Å². The molecule has 0 aliphatic carbocycles. The number of halogens is 2. The van der Waals surface area contributed by atoms with E-state index in [9.17, 15) is 9.59 Å². The molecule has 0 heterocycles. The molecule has 0 bridgehead atoms. The Hall–Kier alpha value is -1.86. The summed E-state index contributed by atoms with van der Waals surface area (Å²) in [6.45, 7) is 5.83. The normalized spacial score (nSPS) is 10.5. The van der Waals surface area contributed by atoms with E-state index in [0.717, 1.165) is 20.1 Å². The van der Waals surface area contributed by atoms with Crippen molar-refractivity contribution in [1.29, 1.82) is 0 Å². The van der Waals surface area contributed by atoms with Crippen molar-refractivity contribution >= 4 is 43.7 Å². The second-order valence-electron chi connectivity index (χ2n) is 6.10. The van der Waals surface area contributed by atoms with Crippen molar-refractivity contribution in [2.75, 3.05) is 6.61 Å². The molecule has 0 aliphatic heterocycles. The lowest BCUT2D eigenvalue weighted by Gasteiger charge is -2.12. The van der Waals surface area contributed by atoms with Gasteiger partial charge in [-0.25, -0.2) is 0 Å². The lowest BCUT2D eigenvalue weighted by atomic mass is 10.0. The second-order valence-corrected chi connectivity index (χ2v) is 7.87. The summed E-state index contributed by atoms with van der Waals surface area (Å²) >= 11 is 6.79. The van der Waals surface area contributed by atoms with Crippen LogP contribution in [0.15, 0.2) is 45.3 Å². The monoisotopic (exact) mass is 482 g/mol. The largest absolute Gasteiger partial charge is 0.482 e. The van der Waals surface area contributed by atoms with Crippen LogP contribution in [0.25, 0.3) is 0 Å². The maximum atomic E-state index is 12.1. The van der Waals surface area contributed by atoms with Gasteiger partial charge in [-0.2, -0.15) is 0 Å². The molecule has 138 valence electrons. The van der Waals surface area contributed by atoms with Gasteiger partial charge in [-0.3, -0.25) is 20.4 Å². The predicted molar refractivity (Wildman–Crippen MR) is 108 cm³/mol. The number of ether oxygens (including phenoxy) is 1. The Morgan fingerprint density at radius 2 is 1.73 bits per heavy atom. The Balaban J connectivity index is 1.86. The van der Waals surface area contributed by atoms with Crippen molar-refractivity contribution in [3.63, 3.8) is 0 Å². The zero-order chi connectivity index (χ0) is 19.3. The Labute approximate surface area is 169 Å². The number of aryl methyl sites for hydroxylation is 1. The molecular formula is C19H20Br2N2O3. The minimum absolute atomic E-state index is 0.215. The molecule has 0 aliphatic rings. The van der Waals surface area contributed by atoms with Gasteiger partial charge >= 0.3 is 0 Å². The summed E-state index contributed by atoms with van der Waals surface area (Å²) in [4.78, 5) is 24.0. The second kappa shape index (κ2) is 9.19. The van der Waals surface area contributed by atoms with Crippen LogP contribution in [0.3, 0.4) is 0 Å². The lowest BCUT2D eigenvalue weighted by molar-refractivity contribution is -0.123. The van der Waals surface area contributed by atoms with Gasteiger partial charge in [0.2, 0.25) is 0 Å². The van der Waals surface area contributed by atoms with Crippen LogP contribution in [0, 0.1) is 6.92 Å². The van der Waals surface area contributed by atoms with Crippen LogP contribution in [0.2, 0.25) is 0 Å². The van der Waals surface area contributed by atoms with E-state index in [4.69, 9.17) is 4.74 Å². The topological polar surface area (TPSA) is 67.4 Å². The first-order valence-corrected chi connectivity index (χ1v) is 9.64. The van der Waals surface area contributed by atoms with E-state index in [1.807, 2.05) is 31.2 Å². The maximum absolute atomic E-state index is 12.1. The molecule has 2 rings (SSSR count). The van der Waals surface area contributed by atoms with Gasteiger partial charge in [0.25, 0.3) is 11.8 Å². The van der Waals surface area contributed by atoms with Crippen molar-refractivity contribution in [1.82, 2.24) is 10.9 Å². The Morgan fingerprint density at radius 1 is 1.08 bits per heavy atom. The predicted octanol–water partition coefficient (Wildman–Crippen LogP) is 4.48. The molecule has 2 aromatic rings. The van der Waals surface area contributed by atoms with Crippen molar-refractivity contribution in [3.8, 4) is 5.75 Å². The molecule has 7 heteroatoms. The van der Waals surface area contributed by atoms with Gasteiger partial charge in [0.15, 0.2) is 6.61 Å². The number of hydrogen-bond acceptors (Lipinski definition) is 3. The molecule has 0 saturated carbocycles. The lowest BCUT2D eigenvalue weighted by Crippen LogP contribution is -2.43. The molecular weight excluding hydrogens is 464 g/mol. The van der Waals surface area contributed by atoms with Crippen LogP contribution in [0.4, 0.5) is 0 Å². The molecule has 2 aromatic carbocycles. The molecule has 26 heavy (non-hydrogen) atoms. The first kappa shape index (κ1) is 20.5. The molecule has 2 amide bonds. The van der Waals surface area contributed by atoms with Crippen molar-refractivity contribution in [2.24, 2.45) is 0 Å². The Morgan fingerprint density at radius 3 is 2.31 bits per heavy atom. The van der Waals surface area contributed by atoms with E-state index < -0.39 is 5.91 Å². The summed E-state index contributed by atoms with van der Waals surface area (Å²) in [5.74, 6) is 0.144. The summed E-state index contributed by atoms with van der Waals surface area (Å²) < 4.78 is 7.19. The fraction of sp³-hybridized carbons (Fsp3) is 0.263. The molecule has 0 fully saturated rings. The molecule has 0 saturated heterocycles. The third kappa shape index (κ3) is 5.57. The SMILES string of the molecule is Cc1cc(Br)cc(Br)c1OCC(=O)NNC(=O)c1ccc(C(C)C)cc1. The van der Waals surface area contributed by atoms with Gasteiger partial charge < -0.3 is 4.74 Å². The van der Waals surface area contributed by atoms with Crippen LogP contribution < -0.4 is 15.6 Å². The van der Waals surface area contributed by atoms with Gasteiger partial charge in [0.1, 0.15) is 5.75 Å². The van der Waals surface area contributed by atoms with Crippen molar-refractivity contribution in [3.05, 3.63) is 62.0 Å². The highest BCUT2D eigenvalue weighted by atomic mass is 79.9. The first-order chi connectivity index (χ1) is 12.3. The number of rotatable bonds is 5.